The second kappa shape index (κ2) is 5.63. The van der Waals surface area contributed by atoms with Crippen LogP contribution >= 0.6 is 0 Å². The molecule has 2 N–H and O–H groups in total. The summed E-state index contributed by atoms with van der Waals surface area (Å²) in [5.41, 5.74) is 6.77. The van der Waals surface area contributed by atoms with Crippen LogP contribution in [-0.4, -0.2) is 0 Å². The molecule has 20 heavy (non-hydrogen) atoms. The summed E-state index contributed by atoms with van der Waals surface area (Å²) in [4.78, 5) is 0. The lowest BCUT2D eigenvalue weighted by Gasteiger charge is -2.20. The quantitative estimate of drug-likeness (QED) is 0.893. The normalized spacial score (nSPS) is 11.4. The molecule has 2 aromatic carbocycles. The molecule has 0 amide bonds. The lowest BCUT2D eigenvalue weighted by Crippen LogP contribution is -2.11. The monoisotopic (exact) mass is 273 g/mol. The van der Waals surface area contributed by atoms with Crippen LogP contribution < -0.4 is 10.5 Å². The van der Waals surface area contributed by atoms with Crippen molar-refractivity contribution in [2.24, 2.45) is 5.73 Å². The number of rotatable bonds is 4. The van der Waals surface area contributed by atoms with E-state index in [4.69, 9.17) is 10.5 Å². The van der Waals surface area contributed by atoms with Crippen molar-refractivity contribution in [3.8, 4) is 11.5 Å². The van der Waals surface area contributed by atoms with Crippen molar-refractivity contribution in [2.75, 3.05) is 0 Å². The molecule has 3 heteroatoms. The van der Waals surface area contributed by atoms with Gasteiger partial charge in [-0.15, -0.1) is 0 Å². The number of halogens is 1. The Morgan fingerprint density at radius 3 is 2.30 bits per heavy atom. The fourth-order valence-corrected chi connectivity index (χ4v) is 2.00. The van der Waals surface area contributed by atoms with Crippen LogP contribution in [0.5, 0.6) is 11.5 Å². The summed E-state index contributed by atoms with van der Waals surface area (Å²) in [6.45, 7) is 5.45. The largest absolute Gasteiger partial charge is 0.457 e. The predicted molar refractivity (Wildman–Crippen MR) is 79.7 cm³/mol. The summed E-state index contributed by atoms with van der Waals surface area (Å²) >= 11 is 0. The van der Waals surface area contributed by atoms with Crippen molar-refractivity contribution in [3.05, 3.63) is 59.2 Å². The summed E-state index contributed by atoms with van der Waals surface area (Å²) in [5.74, 6) is 1.21. The number of benzene rings is 2. The van der Waals surface area contributed by atoms with Gasteiger partial charge in [-0.1, -0.05) is 29.8 Å². The smallest absolute Gasteiger partial charge is 0.134 e. The third kappa shape index (κ3) is 3.36. The van der Waals surface area contributed by atoms with Crippen LogP contribution in [0.2, 0.25) is 0 Å². The number of ether oxygens (including phenoxy) is 1. The summed E-state index contributed by atoms with van der Waals surface area (Å²) in [6.07, 6.45) is 0. The Morgan fingerprint density at radius 2 is 1.75 bits per heavy atom. The van der Waals surface area contributed by atoms with E-state index in [1.165, 1.54) is 13.8 Å². The van der Waals surface area contributed by atoms with Gasteiger partial charge in [-0.2, -0.15) is 0 Å². The van der Waals surface area contributed by atoms with E-state index in [-0.39, 0.29) is 0 Å². The molecule has 0 fully saturated rings. The molecule has 0 aliphatic rings. The van der Waals surface area contributed by atoms with Gasteiger partial charge < -0.3 is 10.5 Å². The van der Waals surface area contributed by atoms with Crippen molar-refractivity contribution in [1.29, 1.82) is 0 Å². The number of hydrogen-bond donors (Lipinski definition) is 1. The van der Waals surface area contributed by atoms with Crippen molar-refractivity contribution in [2.45, 2.75) is 33.0 Å². The summed E-state index contributed by atoms with van der Waals surface area (Å²) < 4.78 is 20.1. The number of alkyl halides is 1. The molecule has 0 aromatic heterocycles. The maximum atomic E-state index is 14.3. The van der Waals surface area contributed by atoms with Crippen molar-refractivity contribution >= 4 is 0 Å². The highest BCUT2D eigenvalue weighted by molar-refractivity contribution is 5.43. The molecule has 0 radical (unpaired) electrons. The maximum Gasteiger partial charge on any atom is 0.134 e. The molecule has 0 atom stereocenters. The fraction of sp³-hybridized carbons (Fsp3) is 0.294. The van der Waals surface area contributed by atoms with Gasteiger partial charge in [0, 0.05) is 12.1 Å². The third-order valence-electron chi connectivity index (χ3n) is 3.17. The Bertz CT molecular complexity index is 585. The number of hydrogen-bond acceptors (Lipinski definition) is 2. The van der Waals surface area contributed by atoms with Gasteiger partial charge in [-0.05, 0) is 44.5 Å². The fourth-order valence-electron chi connectivity index (χ4n) is 2.00. The van der Waals surface area contributed by atoms with Gasteiger partial charge in [0.25, 0.3) is 0 Å². The van der Waals surface area contributed by atoms with Gasteiger partial charge in [0.2, 0.25) is 0 Å². The average Bonchev–Trinajstić information content (AvgIpc) is 2.40. The Kier molecular flexibility index (Phi) is 4.09. The molecule has 0 saturated heterocycles. The molecule has 0 unspecified atom stereocenters. The standard InChI is InChI=1S/C17H20FNO/c1-12-4-7-14(8-5-12)20-16-10-13(11-19)6-9-15(16)17(2,3)18/h4-10H,11,19H2,1-3H3. The van der Waals surface area contributed by atoms with Gasteiger partial charge in [-0.25, -0.2) is 4.39 Å². The Labute approximate surface area is 119 Å². The lowest BCUT2D eigenvalue weighted by molar-refractivity contribution is 0.215. The average molecular weight is 273 g/mol. The highest BCUT2D eigenvalue weighted by Crippen LogP contribution is 2.36. The van der Waals surface area contributed by atoms with Gasteiger partial charge in [0.15, 0.2) is 0 Å². The number of aryl methyl sites for hydroxylation is 1. The van der Waals surface area contributed by atoms with E-state index < -0.39 is 5.67 Å². The van der Waals surface area contributed by atoms with Gasteiger partial charge in [-0.3, -0.25) is 0 Å². The molecule has 106 valence electrons. The predicted octanol–water partition coefficient (Wildman–Crippen LogP) is 4.45. The minimum Gasteiger partial charge on any atom is -0.457 e. The number of nitrogens with two attached hydrogens (primary N) is 1. The molecule has 2 rings (SSSR count). The van der Waals surface area contributed by atoms with Crippen LogP contribution in [-0.2, 0) is 12.2 Å². The van der Waals surface area contributed by atoms with E-state index in [1.807, 2.05) is 37.3 Å². The van der Waals surface area contributed by atoms with Crippen LogP contribution in [0, 0.1) is 6.92 Å². The minimum absolute atomic E-state index is 0.400. The zero-order chi connectivity index (χ0) is 14.8. The Morgan fingerprint density at radius 1 is 1.10 bits per heavy atom. The molecule has 2 nitrogen and oxygen atoms in total. The highest BCUT2D eigenvalue weighted by Gasteiger charge is 2.24. The van der Waals surface area contributed by atoms with E-state index in [0.29, 0.717) is 23.6 Å². The van der Waals surface area contributed by atoms with Crippen LogP contribution in [0.15, 0.2) is 42.5 Å². The van der Waals surface area contributed by atoms with Crippen molar-refractivity contribution in [1.82, 2.24) is 0 Å². The first-order valence-electron chi connectivity index (χ1n) is 6.67. The van der Waals surface area contributed by atoms with Crippen LogP contribution in [0.1, 0.15) is 30.5 Å². The molecule has 0 bridgehead atoms. The zero-order valence-electron chi connectivity index (χ0n) is 12.1. The van der Waals surface area contributed by atoms with Crippen molar-refractivity contribution in [3.63, 3.8) is 0 Å². The first kappa shape index (κ1) is 14.5. The van der Waals surface area contributed by atoms with Crippen LogP contribution in [0.25, 0.3) is 0 Å². The second-order valence-electron chi connectivity index (χ2n) is 5.42. The minimum atomic E-state index is -1.47. The van der Waals surface area contributed by atoms with E-state index in [1.54, 1.807) is 12.1 Å². The molecule has 0 aliphatic carbocycles. The van der Waals surface area contributed by atoms with Crippen LogP contribution in [0.4, 0.5) is 4.39 Å². The Hall–Kier alpha value is -1.87. The summed E-state index contributed by atoms with van der Waals surface area (Å²) in [6, 6.07) is 13.0. The van der Waals surface area contributed by atoms with E-state index in [9.17, 15) is 4.39 Å². The molecular weight excluding hydrogens is 253 g/mol. The van der Waals surface area contributed by atoms with E-state index >= 15 is 0 Å². The van der Waals surface area contributed by atoms with E-state index in [2.05, 4.69) is 0 Å². The molecule has 2 aromatic rings. The molecule has 0 heterocycles. The summed E-state index contributed by atoms with van der Waals surface area (Å²) in [5, 5.41) is 0. The SMILES string of the molecule is Cc1ccc(Oc2cc(CN)ccc2C(C)(C)F)cc1. The molecule has 0 saturated carbocycles. The van der Waals surface area contributed by atoms with Crippen molar-refractivity contribution < 1.29 is 9.13 Å². The van der Waals surface area contributed by atoms with E-state index in [0.717, 1.165) is 11.1 Å². The zero-order valence-corrected chi connectivity index (χ0v) is 12.1. The van der Waals surface area contributed by atoms with Gasteiger partial charge in [0.1, 0.15) is 17.2 Å². The second-order valence-corrected chi connectivity index (χ2v) is 5.42. The van der Waals surface area contributed by atoms with Crippen LogP contribution in [0.3, 0.4) is 0 Å². The van der Waals surface area contributed by atoms with Gasteiger partial charge in [0.05, 0.1) is 0 Å². The maximum absolute atomic E-state index is 14.3. The topological polar surface area (TPSA) is 35.2 Å². The molecular formula is C17H20FNO. The Balaban J connectivity index is 2.40. The third-order valence-corrected chi connectivity index (χ3v) is 3.17. The highest BCUT2D eigenvalue weighted by atomic mass is 19.1. The molecule has 0 aliphatic heterocycles. The molecule has 0 spiro atoms. The summed E-state index contributed by atoms with van der Waals surface area (Å²) in [7, 11) is 0. The first-order chi connectivity index (χ1) is 9.40. The first-order valence-corrected chi connectivity index (χ1v) is 6.67. The lowest BCUT2D eigenvalue weighted by atomic mass is 9.97. The van der Waals surface area contributed by atoms with Gasteiger partial charge >= 0.3 is 0 Å².